The van der Waals surface area contributed by atoms with E-state index in [-0.39, 0.29) is 17.0 Å². The molecule has 3 aromatic rings. The molecule has 30 heavy (non-hydrogen) atoms. The first-order valence-corrected chi connectivity index (χ1v) is 10.0. The van der Waals surface area contributed by atoms with E-state index in [1.807, 2.05) is 22.8 Å². The number of piperazine rings is 1. The Morgan fingerprint density at radius 2 is 1.87 bits per heavy atom. The van der Waals surface area contributed by atoms with Crippen LogP contribution in [0.15, 0.2) is 41.5 Å². The number of aromatic carboxylic acids is 1. The fourth-order valence-corrected chi connectivity index (χ4v) is 4.00. The summed E-state index contributed by atoms with van der Waals surface area (Å²) in [5, 5.41) is 9.67. The topological polar surface area (TPSA) is 118 Å². The lowest BCUT2D eigenvalue weighted by atomic mass is 10.1. The second-order valence-electron chi connectivity index (χ2n) is 7.75. The minimum absolute atomic E-state index is 0.177. The summed E-state index contributed by atoms with van der Waals surface area (Å²) in [6.07, 6.45) is 5.10. The molecular formula is C21H22N6O3. The van der Waals surface area contributed by atoms with Gasteiger partial charge in [-0.3, -0.25) is 4.79 Å². The fourth-order valence-electron chi connectivity index (χ4n) is 4.00. The molecule has 0 spiro atoms. The molecule has 0 bridgehead atoms. The van der Waals surface area contributed by atoms with Gasteiger partial charge in [0.1, 0.15) is 17.0 Å². The third-order valence-corrected chi connectivity index (χ3v) is 5.74. The molecule has 2 aliphatic rings. The summed E-state index contributed by atoms with van der Waals surface area (Å²) < 4.78 is 1.83. The Morgan fingerprint density at radius 3 is 2.50 bits per heavy atom. The van der Waals surface area contributed by atoms with E-state index in [9.17, 15) is 14.7 Å². The first-order valence-electron chi connectivity index (χ1n) is 10.0. The van der Waals surface area contributed by atoms with Gasteiger partial charge in [0.05, 0.1) is 11.1 Å². The van der Waals surface area contributed by atoms with Gasteiger partial charge in [-0.05, 0) is 31.0 Å². The molecule has 1 aliphatic carbocycles. The molecule has 3 N–H and O–H groups in total. The van der Waals surface area contributed by atoms with Crippen LogP contribution in [0.25, 0.3) is 11.0 Å². The highest BCUT2D eigenvalue weighted by Gasteiger charge is 2.29. The first kappa shape index (κ1) is 18.4. The molecule has 3 aromatic heterocycles. The van der Waals surface area contributed by atoms with E-state index in [0.29, 0.717) is 17.2 Å². The van der Waals surface area contributed by atoms with Crippen LogP contribution in [0, 0.1) is 0 Å². The molecule has 0 atom stereocenters. The minimum Gasteiger partial charge on any atom is -0.477 e. The highest BCUT2D eigenvalue weighted by Crippen LogP contribution is 2.37. The molecule has 1 saturated carbocycles. The van der Waals surface area contributed by atoms with Crippen molar-refractivity contribution in [2.75, 3.05) is 41.7 Å². The summed E-state index contributed by atoms with van der Waals surface area (Å²) in [4.78, 5) is 37.7. The Bertz CT molecular complexity index is 1180. The number of nitrogens with zero attached hydrogens (tertiary/aromatic N) is 5. The molecular weight excluding hydrogens is 384 g/mol. The predicted molar refractivity (Wildman–Crippen MR) is 114 cm³/mol. The van der Waals surface area contributed by atoms with Crippen molar-refractivity contribution in [2.45, 2.75) is 18.9 Å². The van der Waals surface area contributed by atoms with Gasteiger partial charge in [0.2, 0.25) is 5.43 Å². The number of rotatable bonds is 4. The average molecular weight is 406 g/mol. The number of nitrogens with two attached hydrogens (primary N) is 1. The molecule has 0 radical (unpaired) electrons. The number of aromatic nitrogens is 3. The maximum Gasteiger partial charge on any atom is 0.341 e. The van der Waals surface area contributed by atoms with Gasteiger partial charge in [-0.2, -0.15) is 0 Å². The number of hydrogen-bond donors (Lipinski definition) is 2. The van der Waals surface area contributed by atoms with Crippen molar-refractivity contribution in [1.29, 1.82) is 0 Å². The maximum atomic E-state index is 12.7. The molecule has 1 saturated heterocycles. The molecule has 0 unspecified atom stereocenters. The quantitative estimate of drug-likeness (QED) is 0.673. The van der Waals surface area contributed by atoms with Gasteiger partial charge < -0.3 is 25.2 Å². The van der Waals surface area contributed by atoms with Crippen molar-refractivity contribution in [2.24, 2.45) is 0 Å². The lowest BCUT2D eigenvalue weighted by Gasteiger charge is -2.36. The van der Waals surface area contributed by atoms with Gasteiger partial charge in [0.15, 0.2) is 5.82 Å². The third kappa shape index (κ3) is 3.12. The summed E-state index contributed by atoms with van der Waals surface area (Å²) in [5.41, 5.74) is 6.38. The average Bonchev–Trinajstić information content (AvgIpc) is 3.60. The Balaban J connectivity index is 1.51. The molecule has 0 amide bonds. The predicted octanol–water partition coefficient (Wildman–Crippen LogP) is 1.73. The number of anilines is 3. The van der Waals surface area contributed by atoms with Gasteiger partial charge in [-0.25, -0.2) is 14.8 Å². The van der Waals surface area contributed by atoms with Crippen LogP contribution in [-0.4, -0.2) is 51.8 Å². The van der Waals surface area contributed by atoms with Crippen molar-refractivity contribution < 1.29 is 9.90 Å². The van der Waals surface area contributed by atoms with Crippen molar-refractivity contribution in [3.63, 3.8) is 0 Å². The molecule has 4 heterocycles. The lowest BCUT2D eigenvalue weighted by Crippen LogP contribution is -2.47. The van der Waals surface area contributed by atoms with Gasteiger partial charge in [0, 0.05) is 44.6 Å². The van der Waals surface area contributed by atoms with Crippen molar-refractivity contribution in [3.05, 3.63) is 52.4 Å². The van der Waals surface area contributed by atoms with E-state index in [4.69, 9.17) is 10.7 Å². The summed E-state index contributed by atoms with van der Waals surface area (Å²) >= 11 is 0. The number of pyridine rings is 3. The zero-order valence-corrected chi connectivity index (χ0v) is 16.4. The third-order valence-electron chi connectivity index (χ3n) is 5.74. The van der Waals surface area contributed by atoms with Gasteiger partial charge >= 0.3 is 5.97 Å². The zero-order valence-electron chi connectivity index (χ0n) is 16.4. The number of nitrogen functional groups attached to an aromatic ring is 1. The highest BCUT2D eigenvalue weighted by molar-refractivity contribution is 5.93. The Morgan fingerprint density at radius 1 is 1.13 bits per heavy atom. The fraction of sp³-hybridized carbons (Fsp3) is 0.333. The molecule has 5 rings (SSSR count). The second kappa shape index (κ2) is 7.01. The SMILES string of the molecule is Nc1cc2c(=O)c(C(=O)O)cn(C3CC3)c2nc1N1CCN(c2ccccn2)CC1. The van der Waals surface area contributed by atoms with E-state index < -0.39 is 11.4 Å². The van der Waals surface area contributed by atoms with Crippen LogP contribution in [0.4, 0.5) is 17.3 Å². The number of fused-ring (bicyclic) bond motifs is 1. The minimum atomic E-state index is -1.23. The molecule has 0 aromatic carbocycles. The van der Waals surface area contributed by atoms with E-state index in [1.165, 1.54) is 6.20 Å². The van der Waals surface area contributed by atoms with Crippen LogP contribution < -0.4 is 21.0 Å². The molecule has 154 valence electrons. The molecule has 9 nitrogen and oxygen atoms in total. The molecule has 9 heteroatoms. The van der Waals surface area contributed by atoms with E-state index in [0.717, 1.165) is 44.8 Å². The maximum absolute atomic E-state index is 12.7. The van der Waals surface area contributed by atoms with Crippen LogP contribution in [0.5, 0.6) is 0 Å². The molecule has 1 aliphatic heterocycles. The smallest absolute Gasteiger partial charge is 0.341 e. The first-order chi connectivity index (χ1) is 14.5. The zero-order chi connectivity index (χ0) is 20.8. The lowest BCUT2D eigenvalue weighted by molar-refractivity contribution is 0.0695. The van der Waals surface area contributed by atoms with Gasteiger partial charge in [-0.15, -0.1) is 0 Å². The van der Waals surface area contributed by atoms with Crippen LogP contribution >= 0.6 is 0 Å². The summed E-state index contributed by atoms with van der Waals surface area (Å²) in [6.45, 7) is 3.01. The second-order valence-corrected chi connectivity index (χ2v) is 7.75. The highest BCUT2D eigenvalue weighted by atomic mass is 16.4. The summed E-state index contributed by atoms with van der Waals surface area (Å²) in [5.74, 6) is 0.352. The van der Waals surface area contributed by atoms with Crippen LogP contribution in [-0.2, 0) is 0 Å². The van der Waals surface area contributed by atoms with Crippen molar-refractivity contribution >= 4 is 34.3 Å². The number of carbonyl (C=O) groups is 1. The number of hydrogen-bond acceptors (Lipinski definition) is 7. The van der Waals surface area contributed by atoms with Crippen LogP contribution in [0.3, 0.4) is 0 Å². The number of carboxylic acids is 1. The van der Waals surface area contributed by atoms with Gasteiger partial charge in [-0.1, -0.05) is 6.07 Å². The Labute approximate surface area is 172 Å². The Hall–Kier alpha value is -3.62. The Kier molecular flexibility index (Phi) is 4.30. The van der Waals surface area contributed by atoms with Crippen molar-refractivity contribution in [3.8, 4) is 0 Å². The van der Waals surface area contributed by atoms with Gasteiger partial charge in [0.25, 0.3) is 0 Å². The standard InChI is InChI=1S/C21H22N6O3/c22-16-11-14-18(28)15(21(29)30)12-27(13-4-5-13)19(14)24-20(16)26-9-7-25(8-10-26)17-3-1-2-6-23-17/h1-3,6,11-13H,4-5,7-10,22H2,(H,29,30). The van der Waals surface area contributed by atoms with E-state index >= 15 is 0 Å². The summed E-state index contributed by atoms with van der Waals surface area (Å²) in [6, 6.07) is 7.62. The monoisotopic (exact) mass is 406 g/mol. The normalized spacial score (nSPS) is 16.8. The molecule has 2 fully saturated rings. The van der Waals surface area contributed by atoms with Crippen molar-refractivity contribution in [1.82, 2.24) is 14.5 Å². The van der Waals surface area contributed by atoms with E-state index in [2.05, 4.69) is 14.8 Å². The van der Waals surface area contributed by atoms with Crippen LogP contribution in [0.2, 0.25) is 0 Å². The van der Waals surface area contributed by atoms with E-state index in [1.54, 1.807) is 12.3 Å². The number of carboxylic acid groups (broad SMARTS) is 1. The summed E-state index contributed by atoms with van der Waals surface area (Å²) in [7, 11) is 0. The van der Waals surface area contributed by atoms with Crippen LogP contribution in [0.1, 0.15) is 29.2 Å². The largest absolute Gasteiger partial charge is 0.477 e.